The van der Waals surface area contributed by atoms with Crippen LogP contribution < -0.4 is 4.74 Å². The summed E-state index contributed by atoms with van der Waals surface area (Å²) in [6.45, 7) is 3.76. The molecule has 0 bridgehead atoms. The molecule has 7 nitrogen and oxygen atoms in total. The van der Waals surface area contributed by atoms with Crippen LogP contribution in [0.4, 0.5) is 5.69 Å². The molecule has 2 aromatic carbocycles. The van der Waals surface area contributed by atoms with Crippen LogP contribution in [0.5, 0.6) is 5.75 Å². The molecule has 0 fully saturated rings. The molecule has 0 atom stereocenters. The number of sulfonamides is 1. The van der Waals surface area contributed by atoms with Gasteiger partial charge in [0.1, 0.15) is 10.6 Å². The number of nitro groups is 1. The highest BCUT2D eigenvalue weighted by Gasteiger charge is 2.32. The molecule has 1 heterocycles. The highest BCUT2D eigenvalue weighted by molar-refractivity contribution is 7.90. The number of non-ortho nitro benzene ring substituents is 1. The maximum atomic E-state index is 12.1. The van der Waals surface area contributed by atoms with Gasteiger partial charge >= 0.3 is 0 Å². The average molecular weight is 332 g/mol. The fraction of sp³-hybridized carbons (Fsp3) is 0.133. The Morgan fingerprint density at radius 1 is 1.17 bits per heavy atom. The molecular formula is C15H12N2O5S. The molecule has 0 aliphatic carbocycles. The Labute approximate surface area is 132 Å². The summed E-state index contributed by atoms with van der Waals surface area (Å²) in [6, 6.07) is 8.96. The molecular weight excluding hydrogens is 320 g/mol. The van der Waals surface area contributed by atoms with Gasteiger partial charge in [-0.1, -0.05) is 12.1 Å². The molecule has 2 aromatic rings. The van der Waals surface area contributed by atoms with Gasteiger partial charge in [0, 0.05) is 12.1 Å². The van der Waals surface area contributed by atoms with E-state index in [2.05, 4.69) is 4.40 Å². The van der Waals surface area contributed by atoms with Crippen LogP contribution in [0.2, 0.25) is 0 Å². The summed E-state index contributed by atoms with van der Waals surface area (Å²) in [5.41, 5.74) is 1.77. The zero-order chi connectivity index (χ0) is 16.8. The van der Waals surface area contributed by atoms with Gasteiger partial charge in [0.15, 0.2) is 0 Å². The molecule has 0 N–H and O–H groups in total. The van der Waals surface area contributed by atoms with Gasteiger partial charge < -0.3 is 4.74 Å². The summed E-state index contributed by atoms with van der Waals surface area (Å²) in [5, 5.41) is 10.8. The second-order valence-corrected chi connectivity index (χ2v) is 6.68. The lowest BCUT2D eigenvalue weighted by molar-refractivity contribution is -0.385. The Morgan fingerprint density at radius 3 is 2.61 bits per heavy atom. The third kappa shape index (κ3) is 2.57. The van der Waals surface area contributed by atoms with Crippen LogP contribution in [-0.4, -0.2) is 19.2 Å². The number of fused-ring (bicyclic) bond motifs is 1. The van der Waals surface area contributed by atoms with E-state index >= 15 is 0 Å². The monoisotopic (exact) mass is 332 g/mol. The second-order valence-electron chi connectivity index (χ2n) is 5.11. The molecule has 1 aliphatic rings. The zero-order valence-electron chi connectivity index (χ0n) is 12.3. The summed E-state index contributed by atoms with van der Waals surface area (Å²) in [4.78, 5) is 9.94. The van der Waals surface area contributed by atoms with Crippen molar-refractivity contribution in [1.82, 2.24) is 0 Å². The molecule has 3 rings (SSSR count). The quantitative estimate of drug-likeness (QED) is 0.622. The maximum Gasteiger partial charge on any atom is 0.286 e. The fourth-order valence-electron chi connectivity index (χ4n) is 2.23. The first-order chi connectivity index (χ1) is 10.8. The van der Waals surface area contributed by atoms with Crippen molar-refractivity contribution in [3.05, 3.63) is 63.2 Å². The normalized spacial score (nSPS) is 15.0. The van der Waals surface area contributed by atoms with Crippen LogP contribution in [0.15, 0.2) is 45.7 Å². The van der Waals surface area contributed by atoms with E-state index in [-0.39, 0.29) is 22.0 Å². The number of ether oxygens (including phenoxy) is 1. The number of aryl methyl sites for hydroxylation is 1. The third-order valence-corrected chi connectivity index (χ3v) is 4.95. The van der Waals surface area contributed by atoms with E-state index in [0.717, 1.165) is 17.2 Å². The Morgan fingerprint density at radius 2 is 1.91 bits per heavy atom. The summed E-state index contributed by atoms with van der Waals surface area (Å²) in [6.07, 6.45) is 0. The van der Waals surface area contributed by atoms with Gasteiger partial charge in [-0.05, 0) is 37.1 Å². The molecule has 118 valence electrons. The van der Waals surface area contributed by atoms with Crippen molar-refractivity contribution < 1.29 is 18.1 Å². The van der Waals surface area contributed by atoms with Crippen LogP contribution in [0, 0.1) is 24.0 Å². The van der Waals surface area contributed by atoms with Crippen LogP contribution in [0.25, 0.3) is 0 Å². The summed E-state index contributed by atoms with van der Waals surface area (Å²) < 4.78 is 33.4. The van der Waals surface area contributed by atoms with Gasteiger partial charge in [0.25, 0.3) is 15.7 Å². The first kappa shape index (κ1) is 15.2. The molecule has 0 spiro atoms. The van der Waals surface area contributed by atoms with Crippen molar-refractivity contribution in [1.29, 1.82) is 0 Å². The lowest BCUT2D eigenvalue weighted by Gasteiger charge is -2.10. The van der Waals surface area contributed by atoms with E-state index in [4.69, 9.17) is 4.74 Å². The molecule has 0 saturated heterocycles. The first-order valence-corrected chi connectivity index (χ1v) is 8.11. The van der Waals surface area contributed by atoms with Crippen molar-refractivity contribution in [2.24, 2.45) is 4.40 Å². The minimum absolute atomic E-state index is 0.0800. The average Bonchev–Trinajstić information content (AvgIpc) is 2.74. The Kier molecular flexibility index (Phi) is 3.41. The van der Waals surface area contributed by atoms with E-state index < -0.39 is 14.9 Å². The molecule has 0 saturated carbocycles. The van der Waals surface area contributed by atoms with Crippen molar-refractivity contribution in [2.45, 2.75) is 18.7 Å². The second kappa shape index (κ2) is 5.17. The predicted octanol–water partition coefficient (Wildman–Crippen LogP) is 2.74. The predicted molar refractivity (Wildman–Crippen MR) is 83.4 cm³/mol. The molecule has 0 amide bonds. The lowest BCUT2D eigenvalue weighted by atomic mass is 10.1. The van der Waals surface area contributed by atoms with E-state index in [9.17, 15) is 18.5 Å². The summed E-state index contributed by atoms with van der Waals surface area (Å²) >= 11 is 0. The van der Waals surface area contributed by atoms with Gasteiger partial charge in [-0.3, -0.25) is 10.1 Å². The number of nitrogens with zero attached hydrogens (tertiary/aromatic N) is 2. The number of benzene rings is 2. The summed E-state index contributed by atoms with van der Waals surface area (Å²) in [7, 11) is -4.00. The largest absolute Gasteiger partial charge is 0.437 e. The lowest BCUT2D eigenvalue weighted by Crippen LogP contribution is -2.09. The minimum Gasteiger partial charge on any atom is -0.437 e. The zero-order valence-corrected chi connectivity index (χ0v) is 13.1. The number of nitro benzene ring substituents is 1. The first-order valence-electron chi connectivity index (χ1n) is 6.67. The third-order valence-electron chi connectivity index (χ3n) is 3.65. The van der Waals surface area contributed by atoms with Crippen molar-refractivity contribution in [2.75, 3.05) is 0 Å². The number of hydrogen-bond acceptors (Lipinski definition) is 5. The van der Waals surface area contributed by atoms with E-state index in [0.29, 0.717) is 5.75 Å². The van der Waals surface area contributed by atoms with Crippen molar-refractivity contribution in [3.63, 3.8) is 0 Å². The highest BCUT2D eigenvalue weighted by Crippen LogP contribution is 2.32. The molecule has 23 heavy (non-hydrogen) atoms. The van der Waals surface area contributed by atoms with Crippen LogP contribution in [-0.2, 0) is 10.0 Å². The van der Waals surface area contributed by atoms with Crippen molar-refractivity contribution in [3.8, 4) is 5.75 Å². The van der Waals surface area contributed by atoms with Crippen LogP contribution in [0.3, 0.4) is 0 Å². The highest BCUT2D eigenvalue weighted by atomic mass is 32.2. The SMILES string of the molecule is Cc1cccc(OC2=NS(=O)(=O)c3cc([N+](=O)[O-])ccc32)c1C. The van der Waals surface area contributed by atoms with Gasteiger partial charge in [0.05, 0.1) is 10.5 Å². The van der Waals surface area contributed by atoms with Crippen LogP contribution in [0.1, 0.15) is 16.7 Å². The smallest absolute Gasteiger partial charge is 0.286 e. The standard InChI is InChI=1S/C15H12N2O5S/c1-9-4-3-5-13(10(9)2)22-15-12-7-6-11(17(18)19)8-14(12)23(20,21)16-15/h3-8H,1-2H3. The topological polar surface area (TPSA) is 98.9 Å². The molecule has 1 aliphatic heterocycles. The van der Waals surface area contributed by atoms with E-state index in [1.165, 1.54) is 12.1 Å². The Bertz CT molecular complexity index is 964. The van der Waals surface area contributed by atoms with E-state index in [1.807, 2.05) is 19.9 Å². The summed E-state index contributed by atoms with van der Waals surface area (Å²) in [5.74, 6) is 0.411. The fourth-order valence-corrected chi connectivity index (χ4v) is 3.39. The van der Waals surface area contributed by atoms with Crippen molar-refractivity contribution >= 4 is 21.6 Å². The molecule has 0 aromatic heterocycles. The van der Waals surface area contributed by atoms with E-state index in [1.54, 1.807) is 12.1 Å². The minimum atomic E-state index is -4.00. The molecule has 8 heteroatoms. The Hall–Kier alpha value is -2.74. The maximum absolute atomic E-state index is 12.1. The molecule has 0 unspecified atom stereocenters. The van der Waals surface area contributed by atoms with Gasteiger partial charge in [0.2, 0.25) is 5.90 Å². The van der Waals surface area contributed by atoms with Crippen LogP contribution >= 0.6 is 0 Å². The molecule has 0 radical (unpaired) electrons. The number of hydrogen-bond donors (Lipinski definition) is 0. The van der Waals surface area contributed by atoms with Gasteiger partial charge in [-0.25, -0.2) is 0 Å². The van der Waals surface area contributed by atoms with Gasteiger partial charge in [-0.15, -0.1) is 4.40 Å². The number of rotatable bonds is 2. The Balaban J connectivity index is 2.07. The van der Waals surface area contributed by atoms with Gasteiger partial charge in [-0.2, -0.15) is 8.42 Å².